The Morgan fingerprint density at radius 2 is 2.11 bits per heavy atom. The Morgan fingerprint density at radius 1 is 1.44 bits per heavy atom. The zero-order chi connectivity index (χ0) is 13.8. The molecule has 2 N–H and O–H groups in total. The molecule has 0 aliphatic heterocycles. The van der Waals surface area contributed by atoms with Crippen molar-refractivity contribution >= 4 is 21.6 Å². The molecule has 1 amide bonds. The van der Waals surface area contributed by atoms with Gasteiger partial charge in [0.25, 0.3) is 0 Å². The lowest BCUT2D eigenvalue weighted by molar-refractivity contribution is -0.114. The first kappa shape index (κ1) is 14.4. The van der Waals surface area contributed by atoms with Gasteiger partial charge >= 0.3 is 0 Å². The number of hydrogen-bond donors (Lipinski definition) is 2. The van der Waals surface area contributed by atoms with Gasteiger partial charge in [0.05, 0.1) is 4.90 Å². The summed E-state index contributed by atoms with van der Waals surface area (Å²) in [6, 6.07) is 4.53. The van der Waals surface area contributed by atoms with Crippen LogP contribution in [0.4, 0.5) is 5.69 Å². The molecule has 5 nitrogen and oxygen atoms in total. The molecule has 0 atom stereocenters. The number of rotatable bonds is 5. The van der Waals surface area contributed by atoms with Crippen molar-refractivity contribution in [1.82, 2.24) is 4.72 Å². The van der Waals surface area contributed by atoms with E-state index in [2.05, 4.69) is 16.6 Å². The highest BCUT2D eigenvalue weighted by Crippen LogP contribution is 2.19. The molecule has 0 saturated heterocycles. The van der Waals surface area contributed by atoms with Crippen molar-refractivity contribution in [2.24, 2.45) is 0 Å². The third kappa shape index (κ3) is 3.68. The molecule has 1 aromatic carbocycles. The van der Waals surface area contributed by atoms with Gasteiger partial charge in [-0.1, -0.05) is 6.08 Å². The lowest BCUT2D eigenvalue weighted by Crippen LogP contribution is -2.23. The molecular formula is C12H16N2O3S. The van der Waals surface area contributed by atoms with Crippen LogP contribution in [-0.4, -0.2) is 20.9 Å². The fourth-order valence-corrected chi connectivity index (χ4v) is 2.47. The Kier molecular flexibility index (Phi) is 4.63. The Labute approximate surface area is 107 Å². The Bertz CT molecular complexity index is 565. The lowest BCUT2D eigenvalue weighted by Gasteiger charge is -2.09. The number of hydrogen-bond acceptors (Lipinski definition) is 3. The molecule has 0 fully saturated rings. The molecule has 0 saturated carbocycles. The maximum Gasteiger partial charge on any atom is 0.240 e. The number of carbonyl (C=O) groups is 1. The summed E-state index contributed by atoms with van der Waals surface area (Å²) in [6.45, 7) is 6.76. The van der Waals surface area contributed by atoms with E-state index in [0.29, 0.717) is 11.3 Å². The van der Waals surface area contributed by atoms with Crippen LogP contribution >= 0.6 is 0 Å². The monoisotopic (exact) mass is 268 g/mol. The van der Waals surface area contributed by atoms with Gasteiger partial charge in [-0.3, -0.25) is 4.79 Å². The molecule has 0 spiro atoms. The summed E-state index contributed by atoms with van der Waals surface area (Å²) in [5.74, 6) is -0.196. The molecule has 18 heavy (non-hydrogen) atoms. The highest BCUT2D eigenvalue weighted by atomic mass is 32.2. The third-order valence-electron chi connectivity index (χ3n) is 2.24. The van der Waals surface area contributed by atoms with Crippen LogP contribution < -0.4 is 10.0 Å². The number of sulfonamides is 1. The standard InChI is InChI=1S/C12H16N2O3S/c1-4-7-13-18(16,17)11-5-6-12(9(2)8-11)14-10(3)15/h4-6,8,13H,1,7H2,2-3H3,(H,14,15). The first-order valence-electron chi connectivity index (χ1n) is 5.35. The predicted octanol–water partition coefficient (Wildman–Crippen LogP) is 1.42. The van der Waals surface area contributed by atoms with Crippen molar-refractivity contribution in [2.75, 3.05) is 11.9 Å². The second-order valence-corrected chi connectivity index (χ2v) is 5.57. The third-order valence-corrected chi connectivity index (χ3v) is 3.66. The van der Waals surface area contributed by atoms with Crippen molar-refractivity contribution < 1.29 is 13.2 Å². The predicted molar refractivity (Wildman–Crippen MR) is 70.9 cm³/mol. The summed E-state index contributed by atoms with van der Waals surface area (Å²) in [7, 11) is -3.52. The Morgan fingerprint density at radius 3 is 2.61 bits per heavy atom. The van der Waals surface area contributed by atoms with Crippen molar-refractivity contribution in [3.05, 3.63) is 36.4 Å². The van der Waals surface area contributed by atoms with Crippen LogP contribution in [0.15, 0.2) is 35.7 Å². The topological polar surface area (TPSA) is 75.3 Å². The van der Waals surface area contributed by atoms with Crippen LogP contribution in [0.3, 0.4) is 0 Å². The summed E-state index contributed by atoms with van der Waals surface area (Å²) in [4.78, 5) is 11.1. The van der Waals surface area contributed by atoms with Crippen molar-refractivity contribution in [3.63, 3.8) is 0 Å². The van der Waals surface area contributed by atoms with Crippen LogP contribution in [0.2, 0.25) is 0 Å². The van der Waals surface area contributed by atoms with E-state index in [1.54, 1.807) is 13.0 Å². The van der Waals surface area contributed by atoms with Crippen LogP contribution in [0.1, 0.15) is 12.5 Å². The maximum absolute atomic E-state index is 11.8. The molecule has 1 rings (SSSR count). The smallest absolute Gasteiger partial charge is 0.240 e. The lowest BCUT2D eigenvalue weighted by atomic mass is 10.2. The molecule has 0 radical (unpaired) electrons. The molecule has 6 heteroatoms. The van der Waals surface area contributed by atoms with Crippen LogP contribution in [0.25, 0.3) is 0 Å². The molecule has 98 valence electrons. The van der Waals surface area contributed by atoms with E-state index in [1.165, 1.54) is 25.1 Å². The number of benzene rings is 1. The minimum atomic E-state index is -3.52. The van der Waals surface area contributed by atoms with Crippen LogP contribution in [0, 0.1) is 6.92 Å². The van der Waals surface area contributed by atoms with E-state index >= 15 is 0 Å². The second kappa shape index (κ2) is 5.79. The van der Waals surface area contributed by atoms with E-state index in [9.17, 15) is 13.2 Å². The van der Waals surface area contributed by atoms with Gasteiger partial charge in [-0.05, 0) is 30.7 Å². The summed E-state index contributed by atoms with van der Waals surface area (Å²) in [6.07, 6.45) is 1.47. The van der Waals surface area contributed by atoms with Gasteiger partial charge in [-0.25, -0.2) is 13.1 Å². The summed E-state index contributed by atoms with van der Waals surface area (Å²) < 4.78 is 26.0. The van der Waals surface area contributed by atoms with Crippen molar-refractivity contribution in [3.8, 4) is 0 Å². The van der Waals surface area contributed by atoms with Gasteiger partial charge in [-0.15, -0.1) is 6.58 Å². The number of nitrogens with one attached hydrogen (secondary N) is 2. The second-order valence-electron chi connectivity index (χ2n) is 3.80. The van der Waals surface area contributed by atoms with Gasteiger partial charge in [0.2, 0.25) is 15.9 Å². The molecule has 0 heterocycles. The molecule has 1 aromatic rings. The van der Waals surface area contributed by atoms with Gasteiger partial charge < -0.3 is 5.32 Å². The Hall–Kier alpha value is -1.66. The summed E-state index contributed by atoms with van der Waals surface area (Å²) in [5, 5.41) is 2.62. The van der Waals surface area contributed by atoms with E-state index in [4.69, 9.17) is 0 Å². The fraction of sp³-hybridized carbons (Fsp3) is 0.250. The largest absolute Gasteiger partial charge is 0.326 e. The zero-order valence-corrected chi connectivity index (χ0v) is 11.2. The SMILES string of the molecule is C=CCNS(=O)(=O)c1ccc(NC(C)=O)c(C)c1. The maximum atomic E-state index is 11.8. The Balaban J connectivity index is 3.03. The van der Waals surface area contributed by atoms with E-state index in [0.717, 1.165) is 0 Å². The normalized spacial score (nSPS) is 11.0. The molecular weight excluding hydrogens is 252 g/mol. The minimum Gasteiger partial charge on any atom is -0.326 e. The number of amides is 1. The van der Waals surface area contributed by atoms with Gasteiger partial charge in [-0.2, -0.15) is 0 Å². The van der Waals surface area contributed by atoms with Gasteiger partial charge in [0, 0.05) is 19.2 Å². The van der Waals surface area contributed by atoms with Gasteiger partial charge in [0.1, 0.15) is 0 Å². The van der Waals surface area contributed by atoms with Crippen LogP contribution in [0.5, 0.6) is 0 Å². The van der Waals surface area contributed by atoms with E-state index in [1.807, 2.05) is 0 Å². The highest BCUT2D eigenvalue weighted by Gasteiger charge is 2.14. The quantitative estimate of drug-likeness (QED) is 0.793. The average molecular weight is 268 g/mol. The van der Waals surface area contributed by atoms with Crippen LogP contribution in [-0.2, 0) is 14.8 Å². The average Bonchev–Trinajstić information content (AvgIpc) is 2.28. The first-order chi connectivity index (χ1) is 8.36. The molecule has 0 aliphatic carbocycles. The molecule has 0 aromatic heterocycles. The first-order valence-corrected chi connectivity index (χ1v) is 6.84. The molecule has 0 bridgehead atoms. The van der Waals surface area contributed by atoms with Crippen molar-refractivity contribution in [2.45, 2.75) is 18.7 Å². The zero-order valence-electron chi connectivity index (χ0n) is 10.4. The van der Waals surface area contributed by atoms with Crippen molar-refractivity contribution in [1.29, 1.82) is 0 Å². The number of carbonyl (C=O) groups excluding carboxylic acids is 1. The summed E-state index contributed by atoms with van der Waals surface area (Å²) >= 11 is 0. The number of anilines is 1. The number of aryl methyl sites for hydroxylation is 1. The van der Waals surface area contributed by atoms with E-state index < -0.39 is 10.0 Å². The summed E-state index contributed by atoms with van der Waals surface area (Å²) in [5.41, 5.74) is 1.29. The minimum absolute atomic E-state index is 0.163. The molecule has 0 unspecified atom stereocenters. The fourth-order valence-electron chi connectivity index (χ4n) is 1.39. The molecule has 0 aliphatic rings. The van der Waals surface area contributed by atoms with Gasteiger partial charge in [0.15, 0.2) is 0 Å². The van der Waals surface area contributed by atoms with E-state index in [-0.39, 0.29) is 17.3 Å². The highest BCUT2D eigenvalue weighted by molar-refractivity contribution is 7.89.